The Hall–Kier alpha value is -2.69. The molecule has 0 saturated carbocycles. The number of thiazole rings is 1. The highest BCUT2D eigenvalue weighted by atomic mass is 32.1. The molecule has 2 rings (SSSR count). The molecule has 1 aromatic heterocycles. The zero-order valence-electron chi connectivity index (χ0n) is 13.1. The van der Waals surface area contributed by atoms with Crippen LogP contribution in [-0.2, 0) is 16.1 Å². The van der Waals surface area contributed by atoms with Crippen LogP contribution in [0.4, 0.5) is 22.4 Å². The maximum Gasteiger partial charge on any atom is 0.422 e. The molecular weight excluding hydrogens is 378 g/mol. The SMILES string of the molecule is O=C(CNC(=O)OCC(F)(F)F)N=c1sccn1Cc1ccccc1F. The maximum atomic E-state index is 13.7. The average molecular weight is 391 g/mol. The number of hydrogen-bond donors (Lipinski definition) is 1. The largest absolute Gasteiger partial charge is 0.440 e. The summed E-state index contributed by atoms with van der Waals surface area (Å²) in [6.07, 6.45) is -4.42. The van der Waals surface area contributed by atoms with Gasteiger partial charge in [-0.25, -0.2) is 9.18 Å². The van der Waals surface area contributed by atoms with E-state index in [0.717, 1.165) is 11.3 Å². The van der Waals surface area contributed by atoms with Crippen molar-refractivity contribution < 1.29 is 31.9 Å². The Morgan fingerprint density at radius 3 is 2.69 bits per heavy atom. The standard InChI is InChI=1S/C15H13F4N3O3S/c16-11-4-2-1-3-10(11)8-22-5-6-26-13(22)21-12(23)7-20-14(24)25-9-15(17,18)19/h1-6H,7-9H2,(H,20,24). The molecule has 0 unspecified atom stereocenters. The Bertz CT molecular complexity index is 845. The number of alkyl carbamates (subject to hydrolysis) is 1. The van der Waals surface area contributed by atoms with Crippen molar-refractivity contribution in [3.05, 3.63) is 52.0 Å². The third kappa shape index (κ3) is 6.31. The number of nitrogens with zero attached hydrogens (tertiary/aromatic N) is 2. The first-order valence-electron chi connectivity index (χ1n) is 7.17. The van der Waals surface area contributed by atoms with Crippen LogP contribution in [0.5, 0.6) is 0 Å². The molecule has 0 fully saturated rings. The summed E-state index contributed by atoms with van der Waals surface area (Å²) in [5, 5.41) is 3.51. The van der Waals surface area contributed by atoms with Crippen molar-refractivity contribution in [2.24, 2.45) is 4.99 Å². The number of alkyl halides is 3. The number of carbonyl (C=O) groups is 2. The normalized spacial score (nSPS) is 12.1. The number of carbonyl (C=O) groups excluding carboxylic acids is 2. The van der Waals surface area contributed by atoms with Gasteiger partial charge in [0.2, 0.25) is 0 Å². The minimum atomic E-state index is -4.65. The van der Waals surface area contributed by atoms with Gasteiger partial charge < -0.3 is 14.6 Å². The van der Waals surface area contributed by atoms with Crippen LogP contribution in [0.25, 0.3) is 0 Å². The fourth-order valence-corrected chi connectivity index (χ4v) is 2.55. The van der Waals surface area contributed by atoms with Gasteiger partial charge in [-0.05, 0) is 6.07 Å². The van der Waals surface area contributed by atoms with E-state index in [-0.39, 0.29) is 11.3 Å². The van der Waals surface area contributed by atoms with Gasteiger partial charge in [-0.3, -0.25) is 4.79 Å². The molecule has 11 heteroatoms. The van der Waals surface area contributed by atoms with E-state index in [2.05, 4.69) is 9.73 Å². The van der Waals surface area contributed by atoms with Gasteiger partial charge in [0, 0.05) is 17.1 Å². The first kappa shape index (κ1) is 19.6. The fourth-order valence-electron chi connectivity index (χ4n) is 1.81. The highest BCUT2D eigenvalue weighted by molar-refractivity contribution is 7.07. The minimum absolute atomic E-state index is 0.142. The molecule has 140 valence electrons. The number of benzene rings is 1. The highest BCUT2D eigenvalue weighted by Gasteiger charge is 2.29. The monoisotopic (exact) mass is 391 g/mol. The van der Waals surface area contributed by atoms with Crippen LogP contribution < -0.4 is 10.1 Å². The molecular formula is C15H13F4N3O3S. The second-order valence-electron chi connectivity index (χ2n) is 4.96. The Labute approximate surface area is 148 Å². The summed E-state index contributed by atoms with van der Waals surface area (Å²) in [7, 11) is 0. The summed E-state index contributed by atoms with van der Waals surface area (Å²) in [5.41, 5.74) is 0.397. The minimum Gasteiger partial charge on any atom is -0.440 e. The van der Waals surface area contributed by atoms with Crippen molar-refractivity contribution in [1.29, 1.82) is 0 Å². The van der Waals surface area contributed by atoms with Crippen LogP contribution in [0, 0.1) is 5.82 Å². The van der Waals surface area contributed by atoms with Crippen LogP contribution in [-0.4, -0.2) is 35.9 Å². The molecule has 6 nitrogen and oxygen atoms in total. The van der Waals surface area contributed by atoms with E-state index in [1.165, 1.54) is 10.6 Å². The summed E-state index contributed by atoms with van der Waals surface area (Å²) < 4.78 is 54.8. The summed E-state index contributed by atoms with van der Waals surface area (Å²) in [5.74, 6) is -1.20. The Morgan fingerprint density at radius 2 is 2.00 bits per heavy atom. The summed E-state index contributed by atoms with van der Waals surface area (Å²) >= 11 is 1.11. The molecule has 1 heterocycles. The van der Waals surface area contributed by atoms with E-state index in [0.29, 0.717) is 5.56 Å². The molecule has 1 aromatic carbocycles. The molecule has 0 bridgehead atoms. The Kier molecular flexibility index (Phi) is 6.50. The number of aromatic nitrogens is 1. The number of hydrogen-bond acceptors (Lipinski definition) is 4. The quantitative estimate of drug-likeness (QED) is 0.796. The molecule has 0 atom stereocenters. The predicted molar refractivity (Wildman–Crippen MR) is 83.8 cm³/mol. The number of amides is 2. The molecule has 0 spiro atoms. The molecule has 0 aliphatic rings. The van der Waals surface area contributed by atoms with Gasteiger partial charge in [-0.1, -0.05) is 18.2 Å². The summed E-state index contributed by atoms with van der Waals surface area (Å²) in [6, 6.07) is 6.11. The molecule has 0 aliphatic heterocycles. The van der Waals surface area contributed by atoms with E-state index in [1.54, 1.807) is 29.8 Å². The lowest BCUT2D eigenvalue weighted by Gasteiger charge is -2.07. The molecule has 0 saturated heterocycles. The van der Waals surface area contributed by atoms with Gasteiger partial charge in [0.1, 0.15) is 12.4 Å². The average Bonchev–Trinajstić information content (AvgIpc) is 2.99. The third-order valence-corrected chi connectivity index (χ3v) is 3.72. The Morgan fingerprint density at radius 1 is 1.27 bits per heavy atom. The van der Waals surface area contributed by atoms with E-state index in [1.807, 2.05) is 5.32 Å². The topological polar surface area (TPSA) is 72.7 Å². The van der Waals surface area contributed by atoms with Crippen molar-refractivity contribution >= 4 is 23.3 Å². The lowest BCUT2D eigenvalue weighted by molar-refractivity contribution is -0.160. The number of rotatable bonds is 5. The molecule has 2 aromatic rings. The lowest BCUT2D eigenvalue weighted by atomic mass is 10.2. The van der Waals surface area contributed by atoms with E-state index in [4.69, 9.17) is 0 Å². The van der Waals surface area contributed by atoms with Gasteiger partial charge in [0.15, 0.2) is 11.4 Å². The highest BCUT2D eigenvalue weighted by Crippen LogP contribution is 2.14. The van der Waals surface area contributed by atoms with E-state index < -0.39 is 37.1 Å². The van der Waals surface area contributed by atoms with Crippen LogP contribution >= 0.6 is 11.3 Å². The van der Waals surface area contributed by atoms with Crippen molar-refractivity contribution in [1.82, 2.24) is 9.88 Å². The van der Waals surface area contributed by atoms with Crippen molar-refractivity contribution in [2.75, 3.05) is 13.2 Å². The Balaban J connectivity index is 1.96. The zero-order valence-corrected chi connectivity index (χ0v) is 13.9. The van der Waals surface area contributed by atoms with Gasteiger partial charge in [-0.15, -0.1) is 11.3 Å². The van der Waals surface area contributed by atoms with E-state index in [9.17, 15) is 27.2 Å². The molecule has 26 heavy (non-hydrogen) atoms. The van der Waals surface area contributed by atoms with Crippen LogP contribution in [0.2, 0.25) is 0 Å². The molecule has 2 amide bonds. The zero-order chi connectivity index (χ0) is 19.2. The van der Waals surface area contributed by atoms with Crippen LogP contribution in [0.3, 0.4) is 0 Å². The molecule has 0 radical (unpaired) electrons. The smallest absolute Gasteiger partial charge is 0.422 e. The van der Waals surface area contributed by atoms with Crippen molar-refractivity contribution in [2.45, 2.75) is 12.7 Å². The summed E-state index contributed by atoms with van der Waals surface area (Å²) in [4.78, 5) is 26.8. The van der Waals surface area contributed by atoms with Crippen LogP contribution in [0.15, 0.2) is 40.8 Å². The first-order chi connectivity index (χ1) is 12.2. The summed E-state index contributed by atoms with van der Waals surface area (Å²) in [6.45, 7) is -2.24. The van der Waals surface area contributed by atoms with Crippen LogP contribution in [0.1, 0.15) is 5.56 Å². The van der Waals surface area contributed by atoms with Crippen molar-refractivity contribution in [3.8, 4) is 0 Å². The number of ether oxygens (including phenoxy) is 1. The first-order valence-corrected chi connectivity index (χ1v) is 8.05. The fraction of sp³-hybridized carbons (Fsp3) is 0.267. The van der Waals surface area contributed by atoms with Gasteiger partial charge in [0.05, 0.1) is 6.54 Å². The van der Waals surface area contributed by atoms with Gasteiger partial charge in [0.25, 0.3) is 5.91 Å². The number of nitrogens with one attached hydrogen (secondary N) is 1. The van der Waals surface area contributed by atoms with E-state index >= 15 is 0 Å². The second kappa shape index (κ2) is 8.61. The third-order valence-electron chi connectivity index (χ3n) is 2.93. The lowest BCUT2D eigenvalue weighted by Crippen LogP contribution is -2.33. The maximum absolute atomic E-state index is 13.7. The molecule has 0 aliphatic carbocycles. The molecule has 1 N–H and O–H groups in total. The van der Waals surface area contributed by atoms with Gasteiger partial charge >= 0.3 is 12.3 Å². The second-order valence-corrected chi connectivity index (χ2v) is 5.83. The predicted octanol–water partition coefficient (Wildman–Crippen LogP) is 2.45. The van der Waals surface area contributed by atoms with Crippen molar-refractivity contribution in [3.63, 3.8) is 0 Å². The number of halogens is 4. The van der Waals surface area contributed by atoms with Gasteiger partial charge in [-0.2, -0.15) is 18.2 Å².